The summed E-state index contributed by atoms with van der Waals surface area (Å²) >= 11 is 0. The van der Waals surface area contributed by atoms with Crippen LogP contribution in [0.25, 0.3) is 6.08 Å². The molecule has 0 radical (unpaired) electrons. The quantitative estimate of drug-likeness (QED) is 0.572. The van der Waals surface area contributed by atoms with Crippen molar-refractivity contribution in [2.75, 3.05) is 32.7 Å². The Morgan fingerprint density at radius 3 is 2.32 bits per heavy atom. The van der Waals surface area contributed by atoms with E-state index in [1.165, 1.54) is 30.3 Å². The van der Waals surface area contributed by atoms with Gasteiger partial charge in [-0.05, 0) is 60.1 Å². The van der Waals surface area contributed by atoms with Gasteiger partial charge >= 0.3 is 12.4 Å². The monoisotopic (exact) mass is 514 g/mol. The Morgan fingerprint density at radius 1 is 0.946 bits per heavy atom. The number of carbonyl (C=O) groups excluding carboxylic acids is 2. The van der Waals surface area contributed by atoms with Crippen LogP contribution in [-0.2, 0) is 17.8 Å². The molecule has 3 aliphatic heterocycles. The minimum absolute atomic E-state index is 0.0881. The Bertz CT molecular complexity index is 1150. The molecular weight excluding hydrogens is 485 g/mol. The van der Waals surface area contributed by atoms with Crippen LogP contribution >= 0.6 is 0 Å². The van der Waals surface area contributed by atoms with E-state index in [9.17, 15) is 22.8 Å². The number of fused-ring (bicyclic) bond motifs is 2. The fraction of sp³-hybridized carbons (Fsp3) is 0.444. The normalized spacial score (nSPS) is 22.0. The van der Waals surface area contributed by atoms with Crippen LogP contribution in [0.15, 0.2) is 48.7 Å². The van der Waals surface area contributed by atoms with Crippen molar-refractivity contribution in [3.63, 3.8) is 0 Å². The number of alkyl halides is 3. The van der Waals surface area contributed by atoms with Gasteiger partial charge in [0.1, 0.15) is 5.75 Å². The molecule has 0 spiro atoms. The Morgan fingerprint density at radius 2 is 1.65 bits per heavy atom. The topological polar surface area (TPSA) is 66.0 Å². The highest BCUT2D eigenvalue weighted by molar-refractivity contribution is 5.91. The second-order valence-corrected chi connectivity index (χ2v) is 9.84. The molecule has 0 unspecified atom stereocenters. The molecule has 7 nitrogen and oxygen atoms in total. The predicted molar refractivity (Wildman–Crippen MR) is 130 cm³/mol. The van der Waals surface area contributed by atoms with E-state index in [0.29, 0.717) is 56.7 Å². The fourth-order valence-corrected chi connectivity index (χ4v) is 5.51. The number of aromatic nitrogens is 1. The summed E-state index contributed by atoms with van der Waals surface area (Å²) in [6.45, 7) is 3.94. The van der Waals surface area contributed by atoms with Crippen molar-refractivity contribution < 1.29 is 27.5 Å². The zero-order valence-corrected chi connectivity index (χ0v) is 20.4. The third kappa shape index (κ3) is 6.06. The number of pyridine rings is 1. The van der Waals surface area contributed by atoms with E-state index in [1.54, 1.807) is 12.3 Å². The Hall–Kier alpha value is -3.56. The van der Waals surface area contributed by atoms with Crippen molar-refractivity contribution >= 4 is 18.0 Å². The van der Waals surface area contributed by atoms with Crippen molar-refractivity contribution in [2.24, 2.45) is 11.8 Å². The summed E-state index contributed by atoms with van der Waals surface area (Å²) in [7, 11) is 0. The summed E-state index contributed by atoms with van der Waals surface area (Å²) in [5.41, 5.74) is 2.80. The number of hydrogen-bond donors (Lipinski definition) is 0. The number of carbonyl (C=O) groups is 2. The van der Waals surface area contributed by atoms with Gasteiger partial charge in [-0.25, -0.2) is 4.79 Å². The van der Waals surface area contributed by atoms with Gasteiger partial charge in [0, 0.05) is 63.7 Å². The van der Waals surface area contributed by atoms with E-state index in [0.717, 1.165) is 30.5 Å². The van der Waals surface area contributed by atoms with Crippen LogP contribution in [-0.4, -0.2) is 70.7 Å². The molecule has 37 heavy (non-hydrogen) atoms. The molecule has 4 heterocycles. The lowest BCUT2D eigenvalue weighted by molar-refractivity contribution is -0.274. The molecule has 2 atom stereocenters. The molecule has 5 rings (SSSR count). The Labute approximate surface area is 213 Å². The number of rotatable bonds is 3. The molecule has 3 aliphatic rings. The van der Waals surface area contributed by atoms with E-state index >= 15 is 0 Å². The van der Waals surface area contributed by atoms with Gasteiger partial charge in [0.15, 0.2) is 0 Å². The van der Waals surface area contributed by atoms with Gasteiger partial charge in [-0.2, -0.15) is 0 Å². The number of urea groups is 1. The molecule has 2 aromatic rings. The van der Waals surface area contributed by atoms with Gasteiger partial charge in [-0.3, -0.25) is 9.78 Å². The maximum atomic E-state index is 13.2. The minimum Gasteiger partial charge on any atom is -0.406 e. The summed E-state index contributed by atoms with van der Waals surface area (Å²) in [5, 5.41) is 0. The van der Waals surface area contributed by atoms with E-state index < -0.39 is 6.36 Å². The molecule has 10 heteroatoms. The standard InChI is InChI=1S/C27H29F3N4O3/c28-27(29,30)37-23-6-3-19(4-7-23)5-8-25(35)32-13-9-20-16-34(17-21(20)10-14-32)26(36)33-15-11-24-22(18-33)2-1-12-31-24/h1-8,12,20-21H,9-11,13-18H2/b8-5+/t20-,21+. The number of amides is 3. The van der Waals surface area contributed by atoms with Crippen LogP contribution in [0.1, 0.15) is 29.7 Å². The SMILES string of the molecule is O=C(/C=C/c1ccc(OC(F)(F)F)cc1)N1CC[C@@H]2CN(C(=O)N3CCc4ncccc4C3)C[C@@H]2CC1. The number of ether oxygens (including phenoxy) is 1. The highest BCUT2D eigenvalue weighted by atomic mass is 19.4. The first-order valence-electron chi connectivity index (χ1n) is 12.5. The lowest BCUT2D eigenvalue weighted by atomic mass is 9.92. The average molecular weight is 515 g/mol. The van der Waals surface area contributed by atoms with E-state index in [1.807, 2.05) is 26.8 Å². The lowest BCUT2D eigenvalue weighted by Gasteiger charge is -2.32. The highest BCUT2D eigenvalue weighted by Gasteiger charge is 2.39. The molecule has 1 aromatic heterocycles. The zero-order valence-electron chi connectivity index (χ0n) is 20.4. The second kappa shape index (κ2) is 10.4. The van der Waals surface area contributed by atoms with Gasteiger partial charge < -0.3 is 19.4 Å². The maximum Gasteiger partial charge on any atom is 0.573 e. The summed E-state index contributed by atoms with van der Waals surface area (Å²) in [5.74, 6) is 0.310. The van der Waals surface area contributed by atoms with Crippen LogP contribution < -0.4 is 4.74 Å². The van der Waals surface area contributed by atoms with Gasteiger partial charge in [0.05, 0.1) is 0 Å². The molecule has 0 N–H and O–H groups in total. The lowest BCUT2D eigenvalue weighted by Crippen LogP contribution is -2.45. The van der Waals surface area contributed by atoms with Crippen LogP contribution in [0.2, 0.25) is 0 Å². The smallest absolute Gasteiger partial charge is 0.406 e. The summed E-state index contributed by atoms with van der Waals surface area (Å²) < 4.78 is 40.8. The number of halogens is 3. The van der Waals surface area contributed by atoms with Crippen molar-refractivity contribution in [3.8, 4) is 5.75 Å². The molecule has 2 saturated heterocycles. The van der Waals surface area contributed by atoms with Crippen molar-refractivity contribution in [3.05, 3.63) is 65.5 Å². The molecule has 196 valence electrons. The Kier molecular flexibility index (Phi) is 7.08. The van der Waals surface area contributed by atoms with Crippen LogP contribution in [0, 0.1) is 11.8 Å². The fourth-order valence-electron chi connectivity index (χ4n) is 5.51. The molecule has 1 aromatic carbocycles. The zero-order chi connectivity index (χ0) is 26.0. The molecule has 0 bridgehead atoms. The molecular formula is C27H29F3N4O3. The van der Waals surface area contributed by atoms with E-state index in [2.05, 4.69) is 9.72 Å². The largest absolute Gasteiger partial charge is 0.573 e. The molecule has 0 saturated carbocycles. The third-order valence-electron chi connectivity index (χ3n) is 7.47. The van der Waals surface area contributed by atoms with E-state index in [4.69, 9.17) is 0 Å². The van der Waals surface area contributed by atoms with Crippen LogP contribution in [0.4, 0.5) is 18.0 Å². The first-order valence-corrected chi connectivity index (χ1v) is 12.5. The van der Waals surface area contributed by atoms with Crippen LogP contribution in [0.3, 0.4) is 0 Å². The number of nitrogens with zero attached hydrogens (tertiary/aromatic N) is 4. The van der Waals surface area contributed by atoms with Gasteiger partial charge in [-0.1, -0.05) is 18.2 Å². The number of hydrogen-bond acceptors (Lipinski definition) is 4. The summed E-state index contributed by atoms with van der Waals surface area (Å²) in [6.07, 6.45) is 2.56. The minimum atomic E-state index is -4.74. The molecule has 0 aliphatic carbocycles. The molecule has 2 fully saturated rings. The maximum absolute atomic E-state index is 13.2. The van der Waals surface area contributed by atoms with Gasteiger partial charge in [0.25, 0.3) is 0 Å². The van der Waals surface area contributed by atoms with Crippen molar-refractivity contribution in [1.82, 2.24) is 19.7 Å². The van der Waals surface area contributed by atoms with Crippen molar-refractivity contribution in [1.29, 1.82) is 0 Å². The van der Waals surface area contributed by atoms with Gasteiger partial charge in [-0.15, -0.1) is 13.2 Å². The predicted octanol–water partition coefficient (Wildman–Crippen LogP) is 4.34. The first kappa shape index (κ1) is 25.1. The average Bonchev–Trinajstić information content (AvgIpc) is 3.19. The van der Waals surface area contributed by atoms with Gasteiger partial charge in [0.2, 0.25) is 5.91 Å². The summed E-state index contributed by atoms with van der Waals surface area (Å²) in [6, 6.07) is 9.42. The van der Waals surface area contributed by atoms with Crippen molar-refractivity contribution in [2.45, 2.75) is 32.2 Å². The second-order valence-electron chi connectivity index (χ2n) is 9.84. The highest BCUT2D eigenvalue weighted by Crippen LogP contribution is 2.33. The third-order valence-corrected chi connectivity index (χ3v) is 7.47. The summed E-state index contributed by atoms with van der Waals surface area (Å²) in [4.78, 5) is 36.1. The first-order chi connectivity index (χ1) is 17.7. The molecule has 3 amide bonds. The number of likely N-dealkylation sites (tertiary alicyclic amines) is 2. The van der Waals surface area contributed by atoms with E-state index in [-0.39, 0.29) is 17.7 Å². The Balaban J connectivity index is 1.11. The van der Waals surface area contributed by atoms with Crippen LogP contribution in [0.5, 0.6) is 5.75 Å². The number of benzene rings is 1.